The molecule has 0 aliphatic carbocycles. The standard InChI is InChI=1S/C9H6F4N2/c1-15-7-5(8(10)14-15)3-2-4-6(7)9(11,12)13/h2-4H,1H3. The smallest absolute Gasteiger partial charge is 0.264 e. The number of aryl methyl sites for hydroxylation is 1. The van der Waals surface area contributed by atoms with Gasteiger partial charge in [0.1, 0.15) is 0 Å². The maximum absolute atomic E-state index is 13.1. The third-order valence-corrected chi connectivity index (χ3v) is 2.13. The van der Waals surface area contributed by atoms with Gasteiger partial charge in [-0.3, -0.25) is 4.68 Å². The summed E-state index contributed by atoms with van der Waals surface area (Å²) in [5, 5.41) is 3.20. The van der Waals surface area contributed by atoms with Gasteiger partial charge >= 0.3 is 6.18 Å². The Balaban J connectivity index is 2.87. The maximum atomic E-state index is 13.1. The van der Waals surface area contributed by atoms with Crippen molar-refractivity contribution >= 4 is 10.9 Å². The fourth-order valence-electron chi connectivity index (χ4n) is 1.52. The van der Waals surface area contributed by atoms with E-state index in [1.165, 1.54) is 13.1 Å². The molecule has 0 radical (unpaired) electrons. The molecule has 0 atom stereocenters. The monoisotopic (exact) mass is 218 g/mol. The second-order valence-corrected chi connectivity index (χ2v) is 3.11. The van der Waals surface area contributed by atoms with Crippen molar-refractivity contribution < 1.29 is 17.6 Å². The normalized spacial score (nSPS) is 12.3. The first-order valence-electron chi connectivity index (χ1n) is 4.09. The van der Waals surface area contributed by atoms with E-state index in [0.29, 0.717) is 0 Å². The van der Waals surface area contributed by atoms with Crippen molar-refractivity contribution in [3.63, 3.8) is 0 Å². The summed E-state index contributed by atoms with van der Waals surface area (Å²) in [6.45, 7) is 0. The molecule has 0 saturated carbocycles. The predicted molar refractivity (Wildman–Crippen MR) is 45.7 cm³/mol. The number of nitrogens with zero attached hydrogens (tertiary/aromatic N) is 2. The highest BCUT2D eigenvalue weighted by atomic mass is 19.4. The summed E-state index contributed by atoms with van der Waals surface area (Å²) in [6, 6.07) is 3.34. The molecule has 1 aromatic heterocycles. The minimum atomic E-state index is -4.50. The van der Waals surface area contributed by atoms with E-state index in [1.807, 2.05) is 0 Å². The minimum Gasteiger partial charge on any atom is -0.264 e. The van der Waals surface area contributed by atoms with Crippen LogP contribution in [0.4, 0.5) is 17.6 Å². The van der Waals surface area contributed by atoms with Crippen LogP contribution in [0.3, 0.4) is 0 Å². The number of para-hydroxylation sites is 1. The molecule has 15 heavy (non-hydrogen) atoms. The Hall–Kier alpha value is -1.59. The Morgan fingerprint density at radius 2 is 1.93 bits per heavy atom. The van der Waals surface area contributed by atoms with Crippen molar-refractivity contribution in [1.29, 1.82) is 0 Å². The predicted octanol–water partition coefficient (Wildman–Crippen LogP) is 2.73. The van der Waals surface area contributed by atoms with Crippen LogP contribution in [-0.2, 0) is 13.2 Å². The number of hydrogen-bond donors (Lipinski definition) is 0. The van der Waals surface area contributed by atoms with Crippen LogP contribution in [0.2, 0.25) is 0 Å². The largest absolute Gasteiger partial charge is 0.418 e. The molecule has 1 aromatic carbocycles. The van der Waals surface area contributed by atoms with Gasteiger partial charge in [-0.15, -0.1) is 5.10 Å². The lowest BCUT2D eigenvalue weighted by Crippen LogP contribution is -2.07. The van der Waals surface area contributed by atoms with Crippen molar-refractivity contribution in [2.75, 3.05) is 0 Å². The van der Waals surface area contributed by atoms with E-state index in [2.05, 4.69) is 5.10 Å². The van der Waals surface area contributed by atoms with Crippen molar-refractivity contribution in [3.05, 3.63) is 29.7 Å². The van der Waals surface area contributed by atoms with E-state index in [-0.39, 0.29) is 10.9 Å². The highest BCUT2D eigenvalue weighted by Crippen LogP contribution is 2.34. The topological polar surface area (TPSA) is 17.8 Å². The van der Waals surface area contributed by atoms with E-state index in [0.717, 1.165) is 16.8 Å². The highest BCUT2D eigenvalue weighted by Gasteiger charge is 2.34. The molecule has 0 bridgehead atoms. The lowest BCUT2D eigenvalue weighted by molar-refractivity contribution is -0.136. The molecule has 6 heteroatoms. The van der Waals surface area contributed by atoms with Crippen LogP contribution < -0.4 is 0 Å². The summed E-state index contributed by atoms with van der Waals surface area (Å²) in [5.74, 6) is -0.890. The summed E-state index contributed by atoms with van der Waals surface area (Å²) < 4.78 is 51.6. The Morgan fingerprint density at radius 3 is 2.53 bits per heavy atom. The average Bonchev–Trinajstić information content (AvgIpc) is 2.41. The molecule has 2 aromatic rings. The van der Waals surface area contributed by atoms with E-state index < -0.39 is 17.7 Å². The zero-order valence-corrected chi connectivity index (χ0v) is 7.64. The SMILES string of the molecule is Cn1nc(F)c2cccc(C(F)(F)F)c21. The lowest BCUT2D eigenvalue weighted by atomic mass is 10.1. The van der Waals surface area contributed by atoms with Crippen molar-refractivity contribution in [2.45, 2.75) is 6.18 Å². The second-order valence-electron chi connectivity index (χ2n) is 3.11. The molecule has 0 aliphatic heterocycles. The maximum Gasteiger partial charge on any atom is 0.418 e. The first-order valence-corrected chi connectivity index (χ1v) is 4.09. The molecule has 1 heterocycles. The Kier molecular flexibility index (Phi) is 1.95. The van der Waals surface area contributed by atoms with Crippen LogP contribution in [0.5, 0.6) is 0 Å². The number of benzene rings is 1. The van der Waals surface area contributed by atoms with Gasteiger partial charge < -0.3 is 0 Å². The molecule has 80 valence electrons. The van der Waals surface area contributed by atoms with Crippen molar-refractivity contribution in [3.8, 4) is 0 Å². The Bertz CT molecular complexity index is 513. The molecule has 0 saturated heterocycles. The fourth-order valence-corrected chi connectivity index (χ4v) is 1.52. The summed E-state index contributed by atoms with van der Waals surface area (Å²) >= 11 is 0. The van der Waals surface area contributed by atoms with Crippen LogP contribution in [0, 0.1) is 5.95 Å². The zero-order valence-electron chi connectivity index (χ0n) is 7.64. The summed E-state index contributed by atoms with van der Waals surface area (Å²) in [4.78, 5) is 0. The van der Waals surface area contributed by atoms with Crippen LogP contribution in [0.15, 0.2) is 18.2 Å². The van der Waals surface area contributed by atoms with Crippen LogP contribution in [-0.4, -0.2) is 9.78 Å². The van der Waals surface area contributed by atoms with Gasteiger partial charge in [0.05, 0.1) is 16.5 Å². The third kappa shape index (κ3) is 1.45. The van der Waals surface area contributed by atoms with Gasteiger partial charge in [-0.05, 0) is 12.1 Å². The van der Waals surface area contributed by atoms with Gasteiger partial charge in [0.15, 0.2) is 0 Å². The summed E-state index contributed by atoms with van der Waals surface area (Å²) in [6.07, 6.45) is -4.50. The molecule has 0 N–H and O–H groups in total. The summed E-state index contributed by atoms with van der Waals surface area (Å²) in [5.41, 5.74) is -1.11. The molecule has 0 amide bonds. The van der Waals surface area contributed by atoms with Crippen molar-refractivity contribution in [1.82, 2.24) is 9.78 Å². The fraction of sp³-hybridized carbons (Fsp3) is 0.222. The van der Waals surface area contributed by atoms with Gasteiger partial charge in [0.2, 0.25) is 5.95 Å². The molecular formula is C9H6F4N2. The first-order chi connectivity index (χ1) is 6.91. The summed E-state index contributed by atoms with van der Waals surface area (Å²) in [7, 11) is 1.28. The third-order valence-electron chi connectivity index (χ3n) is 2.13. The molecule has 0 spiro atoms. The number of rotatable bonds is 0. The Morgan fingerprint density at radius 1 is 1.27 bits per heavy atom. The molecule has 0 aliphatic rings. The number of fused-ring (bicyclic) bond motifs is 1. The Labute approximate surface area is 82.1 Å². The van der Waals surface area contributed by atoms with E-state index in [1.54, 1.807) is 0 Å². The van der Waals surface area contributed by atoms with Crippen molar-refractivity contribution in [2.24, 2.45) is 7.05 Å². The average molecular weight is 218 g/mol. The molecule has 0 fully saturated rings. The van der Waals surface area contributed by atoms with Gasteiger partial charge in [-0.2, -0.15) is 17.6 Å². The van der Waals surface area contributed by atoms with Crippen LogP contribution in [0.25, 0.3) is 10.9 Å². The number of hydrogen-bond acceptors (Lipinski definition) is 1. The van der Waals surface area contributed by atoms with Crippen LogP contribution >= 0.6 is 0 Å². The molecular weight excluding hydrogens is 212 g/mol. The molecule has 2 rings (SSSR count). The van der Waals surface area contributed by atoms with E-state index in [9.17, 15) is 17.6 Å². The van der Waals surface area contributed by atoms with Gasteiger partial charge in [0.25, 0.3) is 0 Å². The van der Waals surface area contributed by atoms with Gasteiger partial charge in [-0.25, -0.2) is 0 Å². The first kappa shape index (κ1) is 9.95. The minimum absolute atomic E-state index is 0.118. The van der Waals surface area contributed by atoms with E-state index >= 15 is 0 Å². The molecule has 0 unspecified atom stereocenters. The second kappa shape index (κ2) is 2.95. The van der Waals surface area contributed by atoms with Gasteiger partial charge in [0, 0.05) is 7.05 Å². The number of halogens is 4. The quantitative estimate of drug-likeness (QED) is 0.621. The zero-order chi connectivity index (χ0) is 11.2. The highest BCUT2D eigenvalue weighted by molar-refractivity contribution is 5.83. The number of alkyl halides is 3. The van der Waals surface area contributed by atoms with E-state index in [4.69, 9.17) is 0 Å². The molecule has 2 nitrogen and oxygen atoms in total. The van der Waals surface area contributed by atoms with Crippen LogP contribution in [0.1, 0.15) is 5.56 Å². The number of aromatic nitrogens is 2. The lowest BCUT2D eigenvalue weighted by Gasteiger charge is -2.08. The van der Waals surface area contributed by atoms with Gasteiger partial charge in [-0.1, -0.05) is 6.07 Å².